The highest BCUT2D eigenvalue weighted by Crippen LogP contribution is 2.25. The van der Waals surface area contributed by atoms with Gasteiger partial charge in [-0.3, -0.25) is 0 Å². The normalized spacial score (nSPS) is 10.4. The molecule has 2 N–H and O–H groups in total. The Hall–Kier alpha value is -1.26. The lowest BCUT2D eigenvalue weighted by atomic mass is 10.3. The van der Waals surface area contributed by atoms with E-state index in [4.69, 9.17) is 33.4 Å². The van der Waals surface area contributed by atoms with Crippen molar-refractivity contribution in [2.24, 2.45) is 0 Å². The van der Waals surface area contributed by atoms with Crippen LogP contribution in [0.15, 0.2) is 22.6 Å². The summed E-state index contributed by atoms with van der Waals surface area (Å²) < 4.78 is 5.13. The van der Waals surface area contributed by atoms with Crippen LogP contribution in [-0.4, -0.2) is 10.2 Å². The van der Waals surface area contributed by atoms with Gasteiger partial charge in [-0.15, -0.1) is 10.2 Å². The van der Waals surface area contributed by atoms with Crippen molar-refractivity contribution >= 4 is 28.9 Å². The fraction of sp³-hybridized carbons (Fsp3) is 0. The summed E-state index contributed by atoms with van der Waals surface area (Å²) in [6.45, 7) is 0. The van der Waals surface area contributed by atoms with Crippen molar-refractivity contribution in [2.45, 2.75) is 0 Å². The van der Waals surface area contributed by atoms with Crippen LogP contribution in [0.3, 0.4) is 0 Å². The van der Waals surface area contributed by atoms with Gasteiger partial charge in [0.1, 0.15) is 5.69 Å². The van der Waals surface area contributed by atoms with E-state index in [1.165, 1.54) is 0 Å². The van der Waals surface area contributed by atoms with E-state index in [-0.39, 0.29) is 10.4 Å². The summed E-state index contributed by atoms with van der Waals surface area (Å²) in [6, 6.07) is 4.87. The number of rotatable bonds is 1. The molecule has 2 heterocycles. The largest absolute Gasteiger partial charge is 0.443 e. The van der Waals surface area contributed by atoms with Crippen LogP contribution in [0.25, 0.3) is 11.5 Å². The molecule has 0 unspecified atom stereocenters. The fourth-order valence-corrected chi connectivity index (χ4v) is 1.20. The van der Waals surface area contributed by atoms with Crippen molar-refractivity contribution in [1.82, 2.24) is 10.2 Å². The summed E-state index contributed by atoms with van der Waals surface area (Å²) >= 11 is 11.2. The Bertz CT molecular complexity index is 469. The number of nitrogens with two attached hydrogens (primary N) is 1. The van der Waals surface area contributed by atoms with E-state index in [0.29, 0.717) is 17.1 Å². The predicted octanol–water partition coefficient (Wildman–Crippen LogP) is 2.63. The number of aromatic nitrogens is 2. The van der Waals surface area contributed by atoms with E-state index in [2.05, 4.69) is 10.2 Å². The van der Waals surface area contributed by atoms with Crippen LogP contribution in [0.1, 0.15) is 0 Å². The first-order valence-electron chi connectivity index (χ1n) is 3.71. The maximum Gasteiger partial charge on any atom is 0.194 e. The Kier molecular flexibility index (Phi) is 2.31. The van der Waals surface area contributed by atoms with Crippen molar-refractivity contribution in [3.63, 3.8) is 0 Å². The first-order valence-corrected chi connectivity index (χ1v) is 4.47. The number of halogens is 2. The summed E-state index contributed by atoms with van der Waals surface area (Å²) in [4.78, 5) is 0. The minimum atomic E-state index is 0.173. The summed E-state index contributed by atoms with van der Waals surface area (Å²) in [7, 11) is 0. The zero-order valence-electron chi connectivity index (χ0n) is 6.87. The number of hydrogen-bond donors (Lipinski definition) is 1. The highest BCUT2D eigenvalue weighted by molar-refractivity contribution is 6.31. The highest BCUT2D eigenvalue weighted by Gasteiger charge is 2.07. The number of nitrogen functional groups attached to an aromatic ring is 1. The van der Waals surface area contributed by atoms with Crippen LogP contribution in [0.5, 0.6) is 0 Å². The van der Waals surface area contributed by atoms with Gasteiger partial charge in [0.25, 0.3) is 0 Å². The van der Waals surface area contributed by atoms with Gasteiger partial charge in [0.05, 0.1) is 5.69 Å². The molecule has 0 saturated carbocycles. The van der Waals surface area contributed by atoms with Crippen LogP contribution < -0.4 is 5.73 Å². The molecule has 0 aromatic carbocycles. The standard InChI is InChI=1S/C8H5Cl2N3O/c9-7-2-1-6(14-7)5-3-4(11)8(10)13-12-5/h1-3H,(H2,11,12). The van der Waals surface area contributed by atoms with Gasteiger partial charge in [-0.1, -0.05) is 11.6 Å². The van der Waals surface area contributed by atoms with E-state index in [1.807, 2.05) is 0 Å². The Labute approximate surface area is 89.6 Å². The van der Waals surface area contributed by atoms with Crippen molar-refractivity contribution < 1.29 is 4.42 Å². The van der Waals surface area contributed by atoms with Crippen LogP contribution >= 0.6 is 23.2 Å². The van der Waals surface area contributed by atoms with Crippen LogP contribution in [0, 0.1) is 0 Å². The van der Waals surface area contributed by atoms with E-state index >= 15 is 0 Å². The third-order valence-electron chi connectivity index (χ3n) is 1.60. The van der Waals surface area contributed by atoms with Gasteiger partial charge in [-0.2, -0.15) is 0 Å². The van der Waals surface area contributed by atoms with E-state index in [0.717, 1.165) is 0 Å². The Balaban J connectivity index is 2.47. The molecule has 6 heteroatoms. The average molecular weight is 230 g/mol. The topological polar surface area (TPSA) is 64.9 Å². The van der Waals surface area contributed by atoms with Gasteiger partial charge in [0.2, 0.25) is 0 Å². The van der Waals surface area contributed by atoms with Crippen LogP contribution in [0.4, 0.5) is 5.69 Å². The molecule has 0 atom stereocenters. The van der Waals surface area contributed by atoms with Gasteiger partial charge in [-0.25, -0.2) is 0 Å². The lowest BCUT2D eigenvalue weighted by Crippen LogP contribution is -1.93. The summed E-state index contributed by atoms with van der Waals surface area (Å²) in [5, 5.41) is 7.92. The molecular formula is C8H5Cl2N3O. The van der Waals surface area contributed by atoms with Gasteiger partial charge in [0, 0.05) is 0 Å². The van der Waals surface area contributed by atoms with E-state index in [9.17, 15) is 0 Å². The van der Waals surface area contributed by atoms with Crippen molar-refractivity contribution in [1.29, 1.82) is 0 Å². The van der Waals surface area contributed by atoms with Gasteiger partial charge in [-0.05, 0) is 29.8 Å². The monoisotopic (exact) mass is 229 g/mol. The molecule has 0 spiro atoms. The summed E-state index contributed by atoms with van der Waals surface area (Å²) in [5.74, 6) is 0.505. The third kappa shape index (κ3) is 1.66. The molecule has 2 aromatic heterocycles. The molecule has 0 fully saturated rings. The second-order valence-electron chi connectivity index (χ2n) is 2.58. The lowest BCUT2D eigenvalue weighted by molar-refractivity contribution is 0.581. The molecule has 4 nitrogen and oxygen atoms in total. The Morgan fingerprint density at radius 3 is 2.57 bits per heavy atom. The molecule has 0 aliphatic carbocycles. The van der Waals surface area contributed by atoms with Crippen molar-refractivity contribution in [3.05, 3.63) is 28.6 Å². The maximum absolute atomic E-state index is 5.62. The Morgan fingerprint density at radius 2 is 2.00 bits per heavy atom. The molecule has 14 heavy (non-hydrogen) atoms. The number of hydrogen-bond acceptors (Lipinski definition) is 4. The van der Waals surface area contributed by atoms with Gasteiger partial charge in [0.15, 0.2) is 16.1 Å². The first kappa shape index (κ1) is 9.30. The lowest BCUT2D eigenvalue weighted by Gasteiger charge is -1.97. The minimum absolute atomic E-state index is 0.173. The summed E-state index contributed by atoms with van der Waals surface area (Å²) in [5.41, 5.74) is 6.41. The molecule has 0 bridgehead atoms. The molecule has 0 aliphatic rings. The number of nitrogens with zero attached hydrogens (tertiary/aromatic N) is 2. The zero-order chi connectivity index (χ0) is 10.1. The number of anilines is 1. The molecule has 2 rings (SSSR count). The molecule has 0 radical (unpaired) electrons. The number of furan rings is 1. The predicted molar refractivity (Wildman–Crippen MR) is 54.2 cm³/mol. The first-order chi connectivity index (χ1) is 6.66. The average Bonchev–Trinajstić information content (AvgIpc) is 2.57. The maximum atomic E-state index is 5.62. The molecule has 0 aliphatic heterocycles. The van der Waals surface area contributed by atoms with E-state index in [1.54, 1.807) is 18.2 Å². The van der Waals surface area contributed by atoms with Crippen LogP contribution in [0.2, 0.25) is 10.4 Å². The second-order valence-corrected chi connectivity index (χ2v) is 3.31. The molecule has 0 saturated heterocycles. The zero-order valence-corrected chi connectivity index (χ0v) is 8.38. The molecule has 72 valence electrons. The highest BCUT2D eigenvalue weighted by atomic mass is 35.5. The van der Waals surface area contributed by atoms with Gasteiger partial charge >= 0.3 is 0 Å². The summed E-state index contributed by atoms with van der Waals surface area (Å²) in [6.07, 6.45) is 0. The molecule has 2 aromatic rings. The van der Waals surface area contributed by atoms with E-state index < -0.39 is 0 Å². The second kappa shape index (κ2) is 3.48. The third-order valence-corrected chi connectivity index (χ3v) is 2.10. The molecule has 0 amide bonds. The smallest absolute Gasteiger partial charge is 0.194 e. The van der Waals surface area contributed by atoms with Gasteiger partial charge < -0.3 is 10.2 Å². The van der Waals surface area contributed by atoms with Crippen molar-refractivity contribution in [3.8, 4) is 11.5 Å². The van der Waals surface area contributed by atoms with Crippen LogP contribution in [-0.2, 0) is 0 Å². The SMILES string of the molecule is Nc1cc(-c2ccc(Cl)o2)nnc1Cl. The van der Waals surface area contributed by atoms with Crippen molar-refractivity contribution in [2.75, 3.05) is 5.73 Å². The molecular weight excluding hydrogens is 225 g/mol. The Morgan fingerprint density at radius 1 is 1.21 bits per heavy atom. The quantitative estimate of drug-likeness (QED) is 0.817. The fourth-order valence-electron chi connectivity index (χ4n) is 0.964. The minimum Gasteiger partial charge on any atom is -0.443 e.